The molecule has 0 aromatic heterocycles. The standard InChI is InChI=1S/C10H12BrFN2O/c1-2-8(13)10(15)14-9-6(11)4-3-5-7(9)12/h3-5,8H,2,13H2,1H3,(H,14,15)/t8-/m0/s1. The van der Waals surface area contributed by atoms with E-state index in [4.69, 9.17) is 5.73 Å². The van der Waals surface area contributed by atoms with Gasteiger partial charge in [0, 0.05) is 4.47 Å². The summed E-state index contributed by atoms with van der Waals surface area (Å²) in [5.74, 6) is -0.871. The fourth-order valence-electron chi connectivity index (χ4n) is 1.02. The maximum Gasteiger partial charge on any atom is 0.241 e. The van der Waals surface area contributed by atoms with Crippen LogP contribution in [0.1, 0.15) is 13.3 Å². The summed E-state index contributed by atoms with van der Waals surface area (Å²) < 4.78 is 13.8. The fourth-order valence-corrected chi connectivity index (χ4v) is 1.46. The lowest BCUT2D eigenvalue weighted by atomic mass is 10.2. The first kappa shape index (κ1) is 12.1. The van der Waals surface area contributed by atoms with Gasteiger partial charge in [0.1, 0.15) is 5.82 Å². The third-order valence-corrected chi connectivity index (χ3v) is 2.65. The molecule has 0 spiro atoms. The average molecular weight is 275 g/mol. The Morgan fingerprint density at radius 1 is 1.67 bits per heavy atom. The van der Waals surface area contributed by atoms with E-state index in [1.807, 2.05) is 0 Å². The predicted molar refractivity (Wildman–Crippen MR) is 61.0 cm³/mol. The second kappa shape index (κ2) is 5.23. The summed E-state index contributed by atoms with van der Waals surface area (Å²) in [5.41, 5.74) is 5.65. The van der Waals surface area contributed by atoms with Crippen LogP contribution in [-0.2, 0) is 4.79 Å². The highest BCUT2D eigenvalue weighted by molar-refractivity contribution is 9.10. The Morgan fingerprint density at radius 2 is 2.33 bits per heavy atom. The molecule has 0 bridgehead atoms. The number of carbonyl (C=O) groups is 1. The number of anilines is 1. The van der Waals surface area contributed by atoms with Gasteiger partial charge in [-0.1, -0.05) is 13.0 Å². The Hall–Kier alpha value is -0.940. The number of benzene rings is 1. The maximum atomic E-state index is 13.3. The van der Waals surface area contributed by atoms with Crippen LogP contribution in [-0.4, -0.2) is 11.9 Å². The zero-order valence-electron chi connectivity index (χ0n) is 8.26. The Labute approximate surface area is 96.0 Å². The van der Waals surface area contributed by atoms with E-state index in [0.717, 1.165) is 0 Å². The van der Waals surface area contributed by atoms with Gasteiger partial charge in [-0.25, -0.2) is 4.39 Å². The molecular weight excluding hydrogens is 263 g/mol. The lowest BCUT2D eigenvalue weighted by molar-refractivity contribution is -0.117. The van der Waals surface area contributed by atoms with Crippen LogP contribution in [0.5, 0.6) is 0 Å². The molecule has 5 heteroatoms. The van der Waals surface area contributed by atoms with Crippen LogP contribution < -0.4 is 11.1 Å². The van der Waals surface area contributed by atoms with Gasteiger partial charge >= 0.3 is 0 Å². The van der Waals surface area contributed by atoms with Crippen LogP contribution in [0.4, 0.5) is 10.1 Å². The maximum absolute atomic E-state index is 13.3. The number of hydrogen-bond donors (Lipinski definition) is 2. The molecule has 0 saturated carbocycles. The fraction of sp³-hybridized carbons (Fsp3) is 0.300. The Morgan fingerprint density at radius 3 is 2.87 bits per heavy atom. The number of amides is 1. The highest BCUT2D eigenvalue weighted by atomic mass is 79.9. The Kier molecular flexibility index (Phi) is 4.23. The number of carbonyl (C=O) groups excluding carboxylic acids is 1. The molecule has 3 nitrogen and oxygen atoms in total. The summed E-state index contributed by atoms with van der Waals surface area (Å²) in [5, 5.41) is 2.44. The van der Waals surface area contributed by atoms with Gasteiger partial charge in [-0.05, 0) is 34.5 Å². The lowest BCUT2D eigenvalue weighted by Gasteiger charge is -2.11. The van der Waals surface area contributed by atoms with Crippen molar-refractivity contribution in [3.63, 3.8) is 0 Å². The number of nitrogens with two attached hydrogens (primary N) is 1. The molecule has 0 aliphatic rings. The number of nitrogens with one attached hydrogen (secondary N) is 1. The van der Waals surface area contributed by atoms with Crippen LogP contribution in [0, 0.1) is 5.82 Å². The molecule has 0 fully saturated rings. The average Bonchev–Trinajstić information content (AvgIpc) is 2.22. The van der Waals surface area contributed by atoms with E-state index < -0.39 is 11.9 Å². The monoisotopic (exact) mass is 274 g/mol. The molecule has 3 N–H and O–H groups in total. The molecule has 82 valence electrons. The van der Waals surface area contributed by atoms with Gasteiger partial charge in [0.15, 0.2) is 0 Å². The number of halogens is 2. The van der Waals surface area contributed by atoms with Crippen LogP contribution in [0.15, 0.2) is 22.7 Å². The first-order chi connectivity index (χ1) is 7.06. The van der Waals surface area contributed by atoms with Crippen molar-refractivity contribution in [2.24, 2.45) is 5.73 Å². The third-order valence-electron chi connectivity index (χ3n) is 1.99. The Balaban J connectivity index is 2.85. The molecule has 15 heavy (non-hydrogen) atoms. The highest BCUT2D eigenvalue weighted by Crippen LogP contribution is 2.25. The molecule has 1 atom stereocenters. The zero-order valence-corrected chi connectivity index (χ0v) is 9.84. The smallest absolute Gasteiger partial charge is 0.241 e. The molecule has 0 saturated heterocycles. The second-order valence-corrected chi connectivity index (χ2v) is 3.95. The normalized spacial score (nSPS) is 12.3. The van der Waals surface area contributed by atoms with Gasteiger partial charge in [-0.2, -0.15) is 0 Å². The Bertz CT molecular complexity index is 350. The predicted octanol–water partition coefficient (Wildman–Crippen LogP) is 2.26. The molecule has 0 unspecified atom stereocenters. The summed E-state index contributed by atoms with van der Waals surface area (Å²) in [6.07, 6.45) is 0.512. The second-order valence-electron chi connectivity index (χ2n) is 3.10. The molecule has 1 aromatic carbocycles. The van der Waals surface area contributed by atoms with E-state index in [0.29, 0.717) is 10.9 Å². The van der Waals surface area contributed by atoms with E-state index >= 15 is 0 Å². The van der Waals surface area contributed by atoms with Crippen molar-refractivity contribution >= 4 is 27.5 Å². The minimum atomic E-state index is -0.614. The molecule has 1 rings (SSSR count). The van der Waals surface area contributed by atoms with Crippen molar-refractivity contribution in [1.29, 1.82) is 0 Å². The molecule has 1 amide bonds. The van der Waals surface area contributed by atoms with Gasteiger partial charge in [-0.3, -0.25) is 4.79 Å². The minimum absolute atomic E-state index is 0.131. The molecule has 0 aliphatic heterocycles. The molecule has 1 aromatic rings. The van der Waals surface area contributed by atoms with Crippen LogP contribution in [0.3, 0.4) is 0 Å². The van der Waals surface area contributed by atoms with E-state index in [2.05, 4.69) is 21.2 Å². The van der Waals surface area contributed by atoms with Crippen LogP contribution in [0.2, 0.25) is 0 Å². The van der Waals surface area contributed by atoms with Gasteiger partial charge in [0.05, 0.1) is 11.7 Å². The summed E-state index contributed by atoms with van der Waals surface area (Å²) >= 11 is 3.15. The summed E-state index contributed by atoms with van der Waals surface area (Å²) in [4.78, 5) is 11.4. The highest BCUT2D eigenvalue weighted by Gasteiger charge is 2.14. The zero-order chi connectivity index (χ0) is 11.4. The summed E-state index contributed by atoms with van der Waals surface area (Å²) in [6, 6.07) is 3.86. The largest absolute Gasteiger partial charge is 0.321 e. The van der Waals surface area contributed by atoms with Gasteiger partial charge in [0.2, 0.25) is 5.91 Å². The molecule has 0 heterocycles. The third kappa shape index (κ3) is 3.00. The van der Waals surface area contributed by atoms with Crippen LogP contribution in [0.25, 0.3) is 0 Å². The summed E-state index contributed by atoms with van der Waals surface area (Å²) in [6.45, 7) is 1.79. The van der Waals surface area contributed by atoms with Gasteiger partial charge in [0.25, 0.3) is 0 Å². The number of rotatable bonds is 3. The lowest BCUT2D eigenvalue weighted by Crippen LogP contribution is -2.35. The van der Waals surface area contributed by atoms with E-state index in [9.17, 15) is 9.18 Å². The van der Waals surface area contributed by atoms with Gasteiger partial charge in [-0.15, -0.1) is 0 Å². The molecule has 0 radical (unpaired) electrons. The number of para-hydroxylation sites is 1. The van der Waals surface area contributed by atoms with Gasteiger partial charge < -0.3 is 11.1 Å². The van der Waals surface area contributed by atoms with Crippen molar-refractivity contribution in [2.45, 2.75) is 19.4 Å². The van der Waals surface area contributed by atoms with E-state index in [-0.39, 0.29) is 11.6 Å². The van der Waals surface area contributed by atoms with E-state index in [1.165, 1.54) is 6.07 Å². The summed E-state index contributed by atoms with van der Waals surface area (Å²) in [7, 11) is 0. The first-order valence-electron chi connectivity index (χ1n) is 4.56. The quantitative estimate of drug-likeness (QED) is 0.889. The van der Waals surface area contributed by atoms with Crippen molar-refractivity contribution in [3.8, 4) is 0 Å². The number of hydrogen-bond acceptors (Lipinski definition) is 2. The SMILES string of the molecule is CC[C@H](N)C(=O)Nc1c(F)cccc1Br. The van der Waals surface area contributed by atoms with Crippen molar-refractivity contribution in [2.75, 3.05) is 5.32 Å². The molecular formula is C10H12BrFN2O. The van der Waals surface area contributed by atoms with Crippen molar-refractivity contribution in [3.05, 3.63) is 28.5 Å². The van der Waals surface area contributed by atoms with E-state index in [1.54, 1.807) is 19.1 Å². The molecule has 0 aliphatic carbocycles. The topological polar surface area (TPSA) is 55.1 Å². The van der Waals surface area contributed by atoms with Crippen molar-refractivity contribution < 1.29 is 9.18 Å². The first-order valence-corrected chi connectivity index (χ1v) is 5.36. The minimum Gasteiger partial charge on any atom is -0.321 e. The van der Waals surface area contributed by atoms with Crippen molar-refractivity contribution in [1.82, 2.24) is 0 Å². The van der Waals surface area contributed by atoms with Crippen LogP contribution >= 0.6 is 15.9 Å².